The van der Waals surface area contributed by atoms with Gasteiger partial charge in [-0.2, -0.15) is 0 Å². The Morgan fingerprint density at radius 2 is 1.59 bits per heavy atom. The van der Waals surface area contributed by atoms with Gasteiger partial charge in [-0.1, -0.05) is 0 Å². The van der Waals surface area contributed by atoms with Crippen molar-refractivity contribution in [2.45, 2.75) is 6.92 Å². The Morgan fingerprint density at radius 3 is 2.18 bits per heavy atom. The second-order valence-corrected chi connectivity index (χ2v) is 7.41. The monoisotopic (exact) mass is 464 g/mol. The standard InChI is InChI=1S/C26H21FO7/c1-14-9-18(33-26(29)16-5-7-17(27)8-6-16)13-19-23(14)24(28)20(34-19)10-15-11-21(30-2)25(32-4)22(12-15)31-3/h5-13H,1-4H3/b20-10-. The van der Waals surface area contributed by atoms with Crippen LogP contribution in [0.5, 0.6) is 28.7 Å². The molecule has 0 aromatic heterocycles. The quantitative estimate of drug-likeness (QED) is 0.289. The third-order valence-electron chi connectivity index (χ3n) is 5.22. The minimum absolute atomic E-state index is 0.0920. The largest absolute Gasteiger partial charge is 0.493 e. The highest BCUT2D eigenvalue weighted by Gasteiger charge is 2.30. The Hall–Kier alpha value is -4.33. The highest BCUT2D eigenvalue weighted by molar-refractivity contribution is 6.15. The van der Waals surface area contributed by atoms with Crippen molar-refractivity contribution in [3.8, 4) is 28.7 Å². The van der Waals surface area contributed by atoms with Gasteiger partial charge < -0.3 is 23.7 Å². The number of ether oxygens (including phenoxy) is 5. The summed E-state index contributed by atoms with van der Waals surface area (Å²) in [6.45, 7) is 1.72. The van der Waals surface area contributed by atoms with E-state index in [4.69, 9.17) is 23.7 Å². The Labute approximate surface area is 195 Å². The maximum atomic E-state index is 13.1. The first-order valence-corrected chi connectivity index (χ1v) is 10.2. The van der Waals surface area contributed by atoms with E-state index < -0.39 is 11.8 Å². The van der Waals surface area contributed by atoms with Gasteiger partial charge in [-0.15, -0.1) is 0 Å². The van der Waals surface area contributed by atoms with Gasteiger partial charge in [-0.25, -0.2) is 9.18 Å². The summed E-state index contributed by atoms with van der Waals surface area (Å²) in [5.74, 6) is 0.438. The number of Topliss-reactive ketones (excluding diaryl/α,β-unsaturated/α-hetero) is 1. The van der Waals surface area contributed by atoms with Gasteiger partial charge in [0.2, 0.25) is 11.5 Å². The second kappa shape index (κ2) is 9.27. The van der Waals surface area contributed by atoms with Gasteiger partial charge in [-0.3, -0.25) is 4.79 Å². The van der Waals surface area contributed by atoms with E-state index in [0.717, 1.165) is 0 Å². The number of allylic oxidation sites excluding steroid dienone is 1. The van der Waals surface area contributed by atoms with Gasteiger partial charge in [0.25, 0.3) is 0 Å². The fourth-order valence-corrected chi connectivity index (χ4v) is 3.62. The number of carbonyl (C=O) groups excluding carboxylic acids is 2. The predicted octanol–water partition coefficient (Wildman–Crippen LogP) is 5.00. The first kappa shape index (κ1) is 22.8. The fourth-order valence-electron chi connectivity index (χ4n) is 3.62. The summed E-state index contributed by atoms with van der Waals surface area (Å²) < 4.78 is 40.4. The summed E-state index contributed by atoms with van der Waals surface area (Å²) in [5.41, 5.74) is 1.75. The lowest BCUT2D eigenvalue weighted by Gasteiger charge is -2.13. The van der Waals surface area contributed by atoms with Crippen LogP contribution in [-0.2, 0) is 0 Å². The fraction of sp³-hybridized carbons (Fsp3) is 0.154. The van der Waals surface area contributed by atoms with E-state index in [-0.39, 0.29) is 28.6 Å². The molecule has 1 aliphatic rings. The lowest BCUT2D eigenvalue weighted by atomic mass is 10.0. The third-order valence-corrected chi connectivity index (χ3v) is 5.22. The predicted molar refractivity (Wildman–Crippen MR) is 122 cm³/mol. The van der Waals surface area contributed by atoms with E-state index in [9.17, 15) is 14.0 Å². The molecule has 3 aromatic carbocycles. The summed E-state index contributed by atoms with van der Waals surface area (Å²) in [7, 11) is 4.50. The molecule has 0 fully saturated rings. The average molecular weight is 464 g/mol. The van der Waals surface area contributed by atoms with Crippen LogP contribution in [0.4, 0.5) is 4.39 Å². The van der Waals surface area contributed by atoms with Gasteiger partial charge in [0, 0.05) is 6.07 Å². The summed E-state index contributed by atoms with van der Waals surface area (Å²) in [6.07, 6.45) is 1.57. The van der Waals surface area contributed by atoms with Crippen LogP contribution in [0.1, 0.15) is 31.8 Å². The van der Waals surface area contributed by atoms with Crippen molar-refractivity contribution in [3.05, 3.63) is 82.4 Å². The number of rotatable bonds is 6. The summed E-state index contributed by atoms with van der Waals surface area (Å²) in [5, 5.41) is 0. The van der Waals surface area contributed by atoms with E-state index in [0.29, 0.717) is 33.9 Å². The highest BCUT2D eigenvalue weighted by atomic mass is 19.1. The van der Waals surface area contributed by atoms with Crippen molar-refractivity contribution in [1.82, 2.24) is 0 Å². The van der Waals surface area contributed by atoms with Crippen molar-refractivity contribution in [3.63, 3.8) is 0 Å². The molecule has 0 unspecified atom stereocenters. The van der Waals surface area contributed by atoms with Gasteiger partial charge in [0.15, 0.2) is 17.3 Å². The first-order valence-electron chi connectivity index (χ1n) is 10.2. The molecule has 3 aromatic rings. The number of fused-ring (bicyclic) bond motifs is 1. The van der Waals surface area contributed by atoms with E-state index in [1.807, 2.05) is 0 Å². The molecule has 4 rings (SSSR count). The van der Waals surface area contributed by atoms with E-state index >= 15 is 0 Å². The van der Waals surface area contributed by atoms with Gasteiger partial charge in [-0.05, 0) is 66.6 Å². The smallest absolute Gasteiger partial charge is 0.343 e. The number of carbonyl (C=O) groups is 2. The normalized spacial score (nSPS) is 13.3. The molecule has 0 aliphatic carbocycles. The summed E-state index contributed by atoms with van der Waals surface area (Å²) in [6, 6.07) is 11.4. The number of methoxy groups -OCH3 is 3. The molecule has 1 heterocycles. The van der Waals surface area contributed by atoms with Gasteiger partial charge in [0.05, 0.1) is 32.5 Å². The minimum atomic E-state index is -0.656. The Kier molecular flexibility index (Phi) is 6.23. The van der Waals surface area contributed by atoms with Crippen LogP contribution in [0, 0.1) is 12.7 Å². The molecule has 0 spiro atoms. The summed E-state index contributed by atoms with van der Waals surface area (Å²) >= 11 is 0. The van der Waals surface area contributed by atoms with Crippen LogP contribution < -0.4 is 23.7 Å². The van der Waals surface area contributed by atoms with Crippen LogP contribution in [0.3, 0.4) is 0 Å². The number of esters is 1. The first-order chi connectivity index (χ1) is 16.3. The lowest BCUT2D eigenvalue weighted by molar-refractivity contribution is 0.0734. The molecule has 34 heavy (non-hydrogen) atoms. The van der Waals surface area contributed by atoms with Crippen LogP contribution >= 0.6 is 0 Å². The molecular formula is C26H21FO7. The number of hydrogen-bond donors (Lipinski definition) is 0. The van der Waals surface area contributed by atoms with Crippen molar-refractivity contribution in [2.75, 3.05) is 21.3 Å². The molecule has 7 nitrogen and oxygen atoms in total. The molecule has 8 heteroatoms. The number of ketones is 1. The molecule has 174 valence electrons. The van der Waals surface area contributed by atoms with Crippen LogP contribution in [-0.4, -0.2) is 33.1 Å². The Morgan fingerprint density at radius 1 is 0.941 bits per heavy atom. The number of benzene rings is 3. The third kappa shape index (κ3) is 4.30. The highest BCUT2D eigenvalue weighted by Crippen LogP contribution is 2.41. The average Bonchev–Trinajstić information content (AvgIpc) is 3.13. The molecule has 0 radical (unpaired) electrons. The second-order valence-electron chi connectivity index (χ2n) is 7.41. The Bertz CT molecular complexity index is 1280. The van der Waals surface area contributed by atoms with E-state index in [2.05, 4.69) is 0 Å². The van der Waals surface area contributed by atoms with E-state index in [1.165, 1.54) is 51.7 Å². The molecule has 1 aliphatic heterocycles. The zero-order valence-corrected chi connectivity index (χ0v) is 18.9. The number of hydrogen-bond acceptors (Lipinski definition) is 7. The Balaban J connectivity index is 1.63. The topological polar surface area (TPSA) is 80.3 Å². The van der Waals surface area contributed by atoms with Crippen molar-refractivity contribution in [1.29, 1.82) is 0 Å². The summed E-state index contributed by atoms with van der Waals surface area (Å²) in [4.78, 5) is 25.4. The molecule has 0 N–H and O–H groups in total. The molecule has 0 amide bonds. The molecule has 0 saturated carbocycles. The molecule has 0 atom stereocenters. The molecule has 0 saturated heterocycles. The molecular weight excluding hydrogens is 443 g/mol. The SMILES string of the molecule is COc1cc(/C=C2\Oc3cc(OC(=O)c4ccc(F)cc4)cc(C)c3C2=O)cc(OC)c1OC. The maximum Gasteiger partial charge on any atom is 0.343 e. The number of aryl methyl sites for hydroxylation is 1. The van der Waals surface area contributed by atoms with Crippen LogP contribution in [0.15, 0.2) is 54.3 Å². The zero-order chi connectivity index (χ0) is 24.4. The maximum absolute atomic E-state index is 13.1. The zero-order valence-electron chi connectivity index (χ0n) is 18.9. The lowest BCUT2D eigenvalue weighted by Crippen LogP contribution is -2.08. The van der Waals surface area contributed by atoms with Crippen LogP contribution in [0.25, 0.3) is 6.08 Å². The van der Waals surface area contributed by atoms with Crippen molar-refractivity contribution in [2.24, 2.45) is 0 Å². The van der Waals surface area contributed by atoms with E-state index in [1.54, 1.807) is 31.2 Å². The van der Waals surface area contributed by atoms with Gasteiger partial charge in [0.1, 0.15) is 17.3 Å². The van der Waals surface area contributed by atoms with Crippen molar-refractivity contribution >= 4 is 17.8 Å². The minimum Gasteiger partial charge on any atom is -0.493 e. The van der Waals surface area contributed by atoms with Crippen LogP contribution in [0.2, 0.25) is 0 Å². The van der Waals surface area contributed by atoms with Gasteiger partial charge >= 0.3 is 5.97 Å². The number of halogens is 1. The molecule has 0 bridgehead atoms. The van der Waals surface area contributed by atoms with Crippen molar-refractivity contribution < 1.29 is 37.7 Å².